The molecule has 1 unspecified atom stereocenters. The minimum Gasteiger partial charge on any atom is -0.320 e. The second-order valence-electron chi connectivity index (χ2n) is 11.0. The number of halogens is 1. The molecule has 2 aliphatic heterocycles. The third-order valence-corrected chi connectivity index (χ3v) is 10.5. The van der Waals surface area contributed by atoms with Gasteiger partial charge in [0, 0.05) is 30.7 Å². The van der Waals surface area contributed by atoms with E-state index in [2.05, 4.69) is 35.0 Å². The molecule has 7 nitrogen and oxygen atoms in total. The van der Waals surface area contributed by atoms with E-state index in [-0.39, 0.29) is 12.0 Å². The molecule has 9 heteroatoms. The van der Waals surface area contributed by atoms with Gasteiger partial charge in [-0.25, -0.2) is 8.42 Å². The van der Waals surface area contributed by atoms with Gasteiger partial charge >= 0.3 is 0 Å². The fraction of sp³-hybridized carbons (Fsp3) is 0.481. The average Bonchev–Trinajstić information content (AvgIpc) is 3.49. The quantitative estimate of drug-likeness (QED) is 0.495. The van der Waals surface area contributed by atoms with Crippen LogP contribution in [0.3, 0.4) is 0 Å². The number of hydrogen-bond acceptors (Lipinski definition) is 5. The average molecular weight is 526 g/mol. The lowest BCUT2D eigenvalue weighted by molar-refractivity contribution is 0.176. The molecule has 0 spiro atoms. The molecular weight excluding hydrogens is 494 g/mol. The molecule has 1 fully saturated rings. The van der Waals surface area contributed by atoms with Crippen LogP contribution in [0.4, 0.5) is 5.69 Å². The van der Waals surface area contributed by atoms with Crippen molar-refractivity contribution in [3.8, 4) is 0 Å². The van der Waals surface area contributed by atoms with Crippen LogP contribution in [-0.4, -0.2) is 41.2 Å². The van der Waals surface area contributed by atoms with E-state index < -0.39 is 10.0 Å². The van der Waals surface area contributed by atoms with Gasteiger partial charge in [0.2, 0.25) is 0 Å². The summed E-state index contributed by atoms with van der Waals surface area (Å²) in [6.07, 6.45) is 5.98. The number of nitrogens with zero attached hydrogens (tertiary/aromatic N) is 5. The van der Waals surface area contributed by atoms with Crippen molar-refractivity contribution in [1.82, 2.24) is 19.7 Å². The van der Waals surface area contributed by atoms with Crippen molar-refractivity contribution in [3.63, 3.8) is 0 Å². The van der Waals surface area contributed by atoms with Crippen molar-refractivity contribution in [2.24, 2.45) is 13.0 Å². The number of likely N-dealkylation sites (tertiary alicyclic amines) is 1. The van der Waals surface area contributed by atoms with Crippen LogP contribution in [-0.2, 0) is 42.0 Å². The standard InChI is InChI=1S/C27H32ClN5O2S/c1-18-5-4-10-32(14-18)15-19-11-24(28)22-16-33(36(34,35)25(22)12-19)21-7-6-20-8-9-27(2,23(20)13-21)26-30-29-17-31(26)3/h6-7,11-13,17-18H,4-5,8-10,14-16H2,1-3H3/t18-,27?/m0/s1. The lowest BCUT2D eigenvalue weighted by Crippen LogP contribution is -2.33. The Morgan fingerprint density at radius 1 is 1.22 bits per heavy atom. The maximum atomic E-state index is 13.8. The number of fused-ring (bicyclic) bond motifs is 2. The van der Waals surface area contributed by atoms with Crippen LogP contribution in [0.2, 0.25) is 5.02 Å². The van der Waals surface area contributed by atoms with Crippen molar-refractivity contribution < 1.29 is 8.42 Å². The Labute approximate surface area is 218 Å². The van der Waals surface area contributed by atoms with E-state index in [1.54, 1.807) is 6.33 Å². The first-order valence-electron chi connectivity index (χ1n) is 12.7. The van der Waals surface area contributed by atoms with E-state index in [4.69, 9.17) is 11.6 Å². The van der Waals surface area contributed by atoms with Crippen molar-refractivity contribution in [2.45, 2.75) is 62.9 Å². The van der Waals surface area contributed by atoms with Crippen molar-refractivity contribution >= 4 is 27.3 Å². The molecule has 2 aromatic carbocycles. The zero-order chi connectivity index (χ0) is 25.2. The molecule has 1 aliphatic carbocycles. The second kappa shape index (κ2) is 8.57. The van der Waals surface area contributed by atoms with Crippen LogP contribution in [0.25, 0.3) is 0 Å². The van der Waals surface area contributed by atoms with Crippen molar-refractivity contribution in [1.29, 1.82) is 0 Å². The normalized spacial score (nSPS) is 25.2. The molecule has 1 aromatic heterocycles. The minimum absolute atomic E-state index is 0.247. The number of piperidine rings is 1. The number of aromatic nitrogens is 3. The van der Waals surface area contributed by atoms with Gasteiger partial charge in [-0.2, -0.15) is 0 Å². The molecule has 0 radical (unpaired) electrons. The van der Waals surface area contributed by atoms with E-state index in [9.17, 15) is 8.42 Å². The fourth-order valence-corrected chi connectivity index (χ4v) is 8.46. The molecule has 1 saturated heterocycles. The zero-order valence-corrected chi connectivity index (χ0v) is 22.6. The smallest absolute Gasteiger partial charge is 0.265 e. The minimum atomic E-state index is -3.72. The molecule has 190 valence electrons. The highest BCUT2D eigenvalue weighted by Crippen LogP contribution is 2.46. The first-order valence-corrected chi connectivity index (χ1v) is 14.5. The molecule has 2 atom stereocenters. The lowest BCUT2D eigenvalue weighted by Gasteiger charge is -2.30. The molecule has 3 aliphatic rings. The molecular formula is C27H32ClN5O2S. The second-order valence-corrected chi connectivity index (χ2v) is 13.2. The molecule has 0 amide bonds. The lowest BCUT2D eigenvalue weighted by atomic mass is 9.83. The Hall–Kier alpha value is -2.42. The molecule has 0 N–H and O–H groups in total. The van der Waals surface area contributed by atoms with E-state index in [0.717, 1.165) is 49.4 Å². The molecule has 6 rings (SSSR count). The van der Waals surface area contributed by atoms with Crippen LogP contribution >= 0.6 is 11.6 Å². The fourth-order valence-electron chi connectivity index (χ4n) is 6.39. The largest absolute Gasteiger partial charge is 0.320 e. The van der Waals surface area contributed by atoms with Crippen molar-refractivity contribution in [3.05, 3.63) is 69.8 Å². The summed E-state index contributed by atoms with van der Waals surface area (Å²) in [7, 11) is -1.76. The Balaban J connectivity index is 1.34. The summed E-state index contributed by atoms with van der Waals surface area (Å²) in [5, 5.41) is 9.01. The third-order valence-electron chi connectivity index (χ3n) is 8.31. The summed E-state index contributed by atoms with van der Waals surface area (Å²) in [6.45, 7) is 7.49. The number of rotatable bonds is 4. The predicted octanol–water partition coefficient (Wildman–Crippen LogP) is 4.66. The first-order chi connectivity index (χ1) is 17.2. The van der Waals surface area contributed by atoms with Gasteiger partial charge in [0.1, 0.15) is 12.2 Å². The SMILES string of the molecule is C[C@H]1CCCN(Cc2cc(Cl)c3c(c2)S(=O)(=O)N(c2ccc4c(c2)C(C)(c2nncn2C)CC4)C3)C1. The molecule has 0 bridgehead atoms. The Morgan fingerprint density at radius 2 is 2.06 bits per heavy atom. The monoisotopic (exact) mass is 525 g/mol. The molecule has 0 saturated carbocycles. The van der Waals surface area contributed by atoms with Gasteiger partial charge in [-0.15, -0.1) is 10.2 Å². The summed E-state index contributed by atoms with van der Waals surface area (Å²) < 4.78 is 31.1. The Bertz CT molecular complexity index is 1450. The summed E-state index contributed by atoms with van der Waals surface area (Å²) >= 11 is 6.70. The number of benzene rings is 2. The number of aryl methyl sites for hydroxylation is 2. The van der Waals surface area contributed by atoms with Crippen LogP contribution in [0.1, 0.15) is 61.2 Å². The summed E-state index contributed by atoms with van der Waals surface area (Å²) in [6, 6.07) is 9.81. The van der Waals surface area contributed by atoms with Gasteiger partial charge in [0.25, 0.3) is 10.0 Å². The van der Waals surface area contributed by atoms with Crippen LogP contribution in [0.15, 0.2) is 41.6 Å². The highest BCUT2D eigenvalue weighted by Gasteiger charge is 2.42. The van der Waals surface area contributed by atoms with E-state index in [1.165, 1.54) is 22.7 Å². The Kier molecular flexibility index (Phi) is 5.70. The van der Waals surface area contributed by atoms with Gasteiger partial charge in [0.05, 0.1) is 22.5 Å². The van der Waals surface area contributed by atoms with Gasteiger partial charge in [-0.3, -0.25) is 9.21 Å². The summed E-state index contributed by atoms with van der Waals surface area (Å²) in [5.74, 6) is 1.56. The van der Waals surface area contributed by atoms with Crippen molar-refractivity contribution in [2.75, 3.05) is 17.4 Å². The van der Waals surface area contributed by atoms with E-state index in [1.807, 2.05) is 35.9 Å². The number of anilines is 1. The highest BCUT2D eigenvalue weighted by molar-refractivity contribution is 7.93. The van der Waals surface area contributed by atoms with Gasteiger partial charge in [0.15, 0.2) is 0 Å². The predicted molar refractivity (Wildman–Crippen MR) is 141 cm³/mol. The first kappa shape index (κ1) is 23.9. The van der Waals surface area contributed by atoms with E-state index in [0.29, 0.717) is 27.1 Å². The molecule has 36 heavy (non-hydrogen) atoms. The molecule has 3 aromatic rings. The Morgan fingerprint density at radius 3 is 2.81 bits per heavy atom. The summed E-state index contributed by atoms with van der Waals surface area (Å²) in [4.78, 5) is 2.74. The number of hydrogen-bond donors (Lipinski definition) is 0. The maximum absolute atomic E-state index is 13.8. The highest BCUT2D eigenvalue weighted by atomic mass is 35.5. The van der Waals surface area contributed by atoms with Gasteiger partial charge < -0.3 is 4.57 Å². The van der Waals surface area contributed by atoms with Gasteiger partial charge in [-0.05, 0) is 86.0 Å². The third kappa shape index (κ3) is 3.76. The van der Waals surface area contributed by atoms with Crippen LogP contribution < -0.4 is 4.31 Å². The topological polar surface area (TPSA) is 71.3 Å². The number of sulfonamides is 1. The maximum Gasteiger partial charge on any atom is 0.265 e. The van der Waals surface area contributed by atoms with Crippen LogP contribution in [0, 0.1) is 5.92 Å². The van der Waals surface area contributed by atoms with E-state index >= 15 is 0 Å². The van der Waals surface area contributed by atoms with Crippen LogP contribution in [0.5, 0.6) is 0 Å². The zero-order valence-electron chi connectivity index (χ0n) is 21.0. The van der Waals surface area contributed by atoms with Gasteiger partial charge in [-0.1, -0.05) is 24.6 Å². The summed E-state index contributed by atoms with van der Waals surface area (Å²) in [5.41, 5.74) is 4.35. The molecule has 3 heterocycles.